The lowest BCUT2D eigenvalue weighted by Gasteiger charge is -2.38. The van der Waals surface area contributed by atoms with Gasteiger partial charge < -0.3 is 10.4 Å². The summed E-state index contributed by atoms with van der Waals surface area (Å²) in [5.74, 6) is 1.01. The number of nitrogens with one attached hydrogen (secondary N) is 1. The summed E-state index contributed by atoms with van der Waals surface area (Å²) >= 11 is 12.4. The van der Waals surface area contributed by atoms with Crippen LogP contribution in [0.3, 0.4) is 0 Å². The number of phenols is 1. The molecule has 1 aliphatic carbocycles. The first-order valence-corrected chi connectivity index (χ1v) is 8.10. The summed E-state index contributed by atoms with van der Waals surface area (Å²) in [6, 6.07) is 11.3. The van der Waals surface area contributed by atoms with Crippen molar-refractivity contribution < 1.29 is 5.11 Å². The predicted molar refractivity (Wildman–Crippen MR) is 90.9 cm³/mol. The summed E-state index contributed by atoms with van der Waals surface area (Å²) < 4.78 is 0. The summed E-state index contributed by atoms with van der Waals surface area (Å²) in [5, 5.41) is 14.7. The minimum atomic E-state index is 0.141. The maximum atomic E-state index is 9.78. The normalized spacial score (nSPS) is 25.5. The van der Waals surface area contributed by atoms with Gasteiger partial charge >= 0.3 is 0 Å². The first-order valence-electron chi connectivity index (χ1n) is 7.34. The van der Waals surface area contributed by atoms with E-state index in [9.17, 15) is 5.11 Å². The average Bonchev–Trinajstić information content (AvgIpc) is 2.97. The van der Waals surface area contributed by atoms with Gasteiger partial charge in [-0.25, -0.2) is 0 Å². The average molecular weight is 332 g/mol. The SMILES string of the molecule is Oc1ccc2c(c1)C1C=CCC1C(c1ccc(Cl)cc1Cl)N2. The maximum Gasteiger partial charge on any atom is 0.116 e. The number of halogens is 2. The highest BCUT2D eigenvalue weighted by atomic mass is 35.5. The molecule has 3 unspecified atom stereocenters. The molecule has 0 spiro atoms. The van der Waals surface area contributed by atoms with Gasteiger partial charge in [-0.15, -0.1) is 0 Å². The number of hydrogen-bond acceptors (Lipinski definition) is 2. The molecule has 22 heavy (non-hydrogen) atoms. The predicted octanol–water partition coefficient (Wildman–Crippen LogP) is 5.53. The molecule has 3 atom stereocenters. The molecule has 0 radical (unpaired) electrons. The molecule has 4 rings (SSSR count). The maximum absolute atomic E-state index is 9.78. The van der Waals surface area contributed by atoms with Crippen LogP contribution in [0.1, 0.15) is 29.5 Å². The molecule has 2 aromatic rings. The Morgan fingerprint density at radius 1 is 1.05 bits per heavy atom. The third-order valence-electron chi connectivity index (χ3n) is 4.64. The van der Waals surface area contributed by atoms with Crippen LogP contribution < -0.4 is 5.32 Å². The third kappa shape index (κ3) is 2.18. The summed E-state index contributed by atoms with van der Waals surface area (Å²) in [6.45, 7) is 0. The molecule has 0 saturated carbocycles. The smallest absolute Gasteiger partial charge is 0.116 e. The topological polar surface area (TPSA) is 32.3 Å². The van der Waals surface area contributed by atoms with E-state index in [0.717, 1.165) is 23.2 Å². The van der Waals surface area contributed by atoms with Gasteiger partial charge in [-0.3, -0.25) is 0 Å². The number of benzene rings is 2. The Bertz CT molecular complexity index is 772. The van der Waals surface area contributed by atoms with Gasteiger partial charge in [0.2, 0.25) is 0 Å². The molecule has 1 heterocycles. The van der Waals surface area contributed by atoms with Gasteiger partial charge in [0.25, 0.3) is 0 Å². The Labute approximate surface area is 139 Å². The minimum absolute atomic E-state index is 0.141. The number of hydrogen-bond donors (Lipinski definition) is 2. The molecule has 2 nitrogen and oxygen atoms in total. The van der Waals surface area contributed by atoms with E-state index in [-0.39, 0.29) is 6.04 Å². The second-order valence-electron chi connectivity index (χ2n) is 5.91. The molecule has 0 saturated heterocycles. The Balaban J connectivity index is 1.81. The minimum Gasteiger partial charge on any atom is -0.508 e. The van der Waals surface area contributed by atoms with Crippen LogP contribution in [0.15, 0.2) is 48.6 Å². The van der Waals surface area contributed by atoms with Crippen molar-refractivity contribution in [2.24, 2.45) is 5.92 Å². The highest BCUT2D eigenvalue weighted by molar-refractivity contribution is 6.35. The van der Waals surface area contributed by atoms with E-state index in [1.165, 1.54) is 0 Å². The van der Waals surface area contributed by atoms with E-state index in [1.807, 2.05) is 24.3 Å². The van der Waals surface area contributed by atoms with Crippen LogP contribution in [-0.4, -0.2) is 5.11 Å². The summed E-state index contributed by atoms with van der Waals surface area (Å²) in [7, 11) is 0. The lowest BCUT2D eigenvalue weighted by molar-refractivity contribution is 0.421. The van der Waals surface area contributed by atoms with Gasteiger partial charge in [0.05, 0.1) is 6.04 Å². The van der Waals surface area contributed by atoms with Gasteiger partial charge in [0.15, 0.2) is 0 Å². The number of fused-ring (bicyclic) bond motifs is 3. The Morgan fingerprint density at radius 3 is 2.73 bits per heavy atom. The quantitative estimate of drug-likeness (QED) is 0.532. The van der Waals surface area contributed by atoms with Crippen LogP contribution in [0.5, 0.6) is 5.75 Å². The van der Waals surface area contributed by atoms with Crippen LogP contribution in [0.2, 0.25) is 10.0 Å². The number of phenolic OH excluding ortho intramolecular Hbond substituents is 1. The summed E-state index contributed by atoms with van der Waals surface area (Å²) in [5.41, 5.74) is 3.28. The van der Waals surface area contributed by atoms with Crippen molar-refractivity contribution in [2.75, 3.05) is 5.32 Å². The molecule has 2 aliphatic rings. The molecular formula is C18H15Cl2NO. The van der Waals surface area contributed by atoms with Crippen molar-refractivity contribution in [3.8, 4) is 5.75 Å². The van der Waals surface area contributed by atoms with Gasteiger partial charge in [-0.05, 0) is 53.8 Å². The fraction of sp³-hybridized carbons (Fsp3) is 0.222. The number of anilines is 1. The number of aromatic hydroxyl groups is 1. The first kappa shape index (κ1) is 14.0. The highest BCUT2D eigenvalue weighted by Gasteiger charge is 2.38. The standard InChI is InChI=1S/C18H15Cl2NO/c19-10-4-6-14(16(20)8-10)18-13-3-1-2-12(13)15-9-11(22)5-7-17(15)21-18/h1-2,4-9,12-13,18,21-22H,3H2. The van der Waals surface area contributed by atoms with E-state index >= 15 is 0 Å². The van der Waals surface area contributed by atoms with E-state index in [0.29, 0.717) is 27.6 Å². The van der Waals surface area contributed by atoms with Crippen molar-refractivity contribution in [1.82, 2.24) is 0 Å². The van der Waals surface area contributed by atoms with Gasteiger partial charge in [0, 0.05) is 21.7 Å². The van der Waals surface area contributed by atoms with E-state index in [2.05, 4.69) is 17.5 Å². The second kappa shape index (κ2) is 5.22. The third-order valence-corrected chi connectivity index (χ3v) is 5.21. The number of rotatable bonds is 1. The Kier molecular flexibility index (Phi) is 3.32. The Hall–Kier alpha value is -1.64. The van der Waals surface area contributed by atoms with Crippen molar-refractivity contribution in [3.05, 3.63) is 69.7 Å². The van der Waals surface area contributed by atoms with Crippen LogP contribution >= 0.6 is 23.2 Å². The van der Waals surface area contributed by atoms with Crippen molar-refractivity contribution in [3.63, 3.8) is 0 Å². The highest BCUT2D eigenvalue weighted by Crippen LogP contribution is 2.51. The molecule has 112 valence electrons. The number of allylic oxidation sites excluding steroid dienone is 2. The van der Waals surface area contributed by atoms with Crippen LogP contribution in [0.25, 0.3) is 0 Å². The molecule has 0 amide bonds. The van der Waals surface area contributed by atoms with Crippen LogP contribution in [0, 0.1) is 5.92 Å². The molecule has 4 heteroatoms. The van der Waals surface area contributed by atoms with Crippen LogP contribution in [-0.2, 0) is 0 Å². The molecule has 0 aromatic heterocycles. The fourth-order valence-corrected chi connectivity index (χ4v) is 4.17. The zero-order valence-electron chi connectivity index (χ0n) is 11.8. The zero-order chi connectivity index (χ0) is 15.3. The molecule has 2 N–H and O–H groups in total. The monoisotopic (exact) mass is 331 g/mol. The van der Waals surface area contributed by atoms with Gasteiger partial charge in [-0.1, -0.05) is 41.4 Å². The first-order chi connectivity index (χ1) is 10.6. The molecule has 2 aromatic carbocycles. The zero-order valence-corrected chi connectivity index (χ0v) is 13.3. The van der Waals surface area contributed by atoms with Crippen LogP contribution in [0.4, 0.5) is 5.69 Å². The fourth-order valence-electron chi connectivity index (χ4n) is 3.64. The van der Waals surface area contributed by atoms with Crippen molar-refractivity contribution in [2.45, 2.75) is 18.4 Å². The largest absolute Gasteiger partial charge is 0.508 e. The van der Waals surface area contributed by atoms with E-state index < -0.39 is 0 Å². The molecule has 0 bridgehead atoms. The lowest BCUT2D eigenvalue weighted by atomic mass is 9.77. The second-order valence-corrected chi connectivity index (χ2v) is 6.76. The lowest BCUT2D eigenvalue weighted by Crippen LogP contribution is -2.29. The van der Waals surface area contributed by atoms with E-state index in [4.69, 9.17) is 23.2 Å². The van der Waals surface area contributed by atoms with E-state index in [1.54, 1.807) is 12.1 Å². The molecule has 0 fully saturated rings. The molecule has 1 aliphatic heterocycles. The van der Waals surface area contributed by atoms with Crippen molar-refractivity contribution >= 4 is 28.9 Å². The summed E-state index contributed by atoms with van der Waals surface area (Å²) in [4.78, 5) is 0. The van der Waals surface area contributed by atoms with Gasteiger partial charge in [0.1, 0.15) is 5.75 Å². The molecular weight excluding hydrogens is 317 g/mol. The Morgan fingerprint density at radius 2 is 1.91 bits per heavy atom. The summed E-state index contributed by atoms with van der Waals surface area (Å²) in [6.07, 6.45) is 5.45. The van der Waals surface area contributed by atoms with Gasteiger partial charge in [-0.2, -0.15) is 0 Å². The van der Waals surface area contributed by atoms with Crippen molar-refractivity contribution in [1.29, 1.82) is 0 Å².